The molecular weight excluding hydrogens is 550 g/mol. The quantitative estimate of drug-likeness (QED) is 0.297. The fourth-order valence-corrected chi connectivity index (χ4v) is 6.91. The number of carbonyl (C=O) groups is 1. The number of ketones is 1. The molecule has 4 atom stereocenters. The van der Waals surface area contributed by atoms with Crippen LogP contribution in [0.25, 0.3) is 0 Å². The number of benzene rings is 1. The van der Waals surface area contributed by atoms with Gasteiger partial charge in [0.15, 0.2) is 0 Å². The highest BCUT2D eigenvalue weighted by atomic mass is 35.5. The predicted molar refractivity (Wildman–Crippen MR) is 145 cm³/mol. The van der Waals surface area contributed by atoms with Crippen molar-refractivity contribution in [1.29, 1.82) is 0 Å². The largest absolute Gasteiger partial charge is 0.390 e. The minimum absolute atomic E-state index is 0.116. The van der Waals surface area contributed by atoms with E-state index < -0.39 is 22.5 Å². The van der Waals surface area contributed by atoms with Gasteiger partial charge < -0.3 is 15.7 Å². The van der Waals surface area contributed by atoms with Crippen molar-refractivity contribution in [2.45, 2.75) is 50.0 Å². The van der Waals surface area contributed by atoms with Gasteiger partial charge in [-0.15, -0.1) is 11.3 Å². The minimum Gasteiger partial charge on any atom is -0.390 e. The van der Waals surface area contributed by atoms with Gasteiger partial charge >= 0.3 is 10.3 Å². The maximum absolute atomic E-state index is 13.6. The third-order valence-corrected chi connectivity index (χ3v) is 9.24. The highest BCUT2D eigenvalue weighted by Crippen LogP contribution is 2.38. The fraction of sp³-hybridized carbons (Fsp3) is 0.400. The SMILES string of the molecule is CNS(=O)(=O)O[C@@H]1C[C@H](Nc2ncncc2C(=O)c2cc([C@H]3NCCCc4ccccc43)c(Cl)s2)C[C@@H]1O. The molecular formula is C25H28ClN5O5S2. The molecule has 5 rings (SSSR count). The average molecular weight is 578 g/mol. The number of rotatable bonds is 8. The molecule has 202 valence electrons. The first-order valence-corrected chi connectivity index (χ1v) is 14.9. The first-order chi connectivity index (χ1) is 18.3. The number of hydrogen-bond acceptors (Lipinski definition) is 10. The zero-order valence-electron chi connectivity index (χ0n) is 20.6. The Kier molecular flexibility index (Phi) is 8.10. The monoisotopic (exact) mass is 577 g/mol. The van der Waals surface area contributed by atoms with Crippen LogP contribution in [0, 0.1) is 0 Å². The Morgan fingerprint density at radius 2 is 2.08 bits per heavy atom. The molecule has 1 fully saturated rings. The first kappa shape index (κ1) is 27.1. The van der Waals surface area contributed by atoms with Gasteiger partial charge in [0.05, 0.1) is 26.9 Å². The van der Waals surface area contributed by atoms with Crippen LogP contribution in [-0.2, 0) is 20.9 Å². The van der Waals surface area contributed by atoms with Crippen LogP contribution in [0.4, 0.5) is 5.82 Å². The van der Waals surface area contributed by atoms with Crippen molar-refractivity contribution < 1.29 is 22.5 Å². The van der Waals surface area contributed by atoms with Gasteiger partial charge in [0, 0.05) is 24.8 Å². The summed E-state index contributed by atoms with van der Waals surface area (Å²) in [4.78, 5) is 22.4. The summed E-state index contributed by atoms with van der Waals surface area (Å²) in [6.07, 6.45) is 3.28. The summed E-state index contributed by atoms with van der Waals surface area (Å²) in [5.74, 6) is 0.0144. The molecule has 1 saturated carbocycles. The summed E-state index contributed by atoms with van der Waals surface area (Å²) in [7, 11) is -2.72. The normalized spacial score (nSPS) is 23.6. The maximum atomic E-state index is 13.6. The number of thiophene rings is 1. The van der Waals surface area contributed by atoms with Crippen molar-refractivity contribution in [3.8, 4) is 0 Å². The van der Waals surface area contributed by atoms with Crippen LogP contribution in [0.2, 0.25) is 4.34 Å². The van der Waals surface area contributed by atoms with Crippen molar-refractivity contribution in [3.63, 3.8) is 0 Å². The zero-order chi connectivity index (χ0) is 26.9. The Morgan fingerprint density at radius 3 is 2.89 bits per heavy atom. The second kappa shape index (κ2) is 11.3. The van der Waals surface area contributed by atoms with Gasteiger partial charge in [0.25, 0.3) is 0 Å². The number of aliphatic hydroxyl groups excluding tert-OH is 1. The molecule has 0 bridgehead atoms. The van der Waals surface area contributed by atoms with Gasteiger partial charge in [-0.05, 0) is 49.4 Å². The van der Waals surface area contributed by atoms with Gasteiger partial charge in [0.1, 0.15) is 18.2 Å². The molecule has 0 saturated heterocycles. The summed E-state index contributed by atoms with van der Waals surface area (Å²) in [6, 6.07) is 9.62. The van der Waals surface area contributed by atoms with E-state index in [-0.39, 0.29) is 36.3 Å². The van der Waals surface area contributed by atoms with E-state index in [1.165, 1.54) is 36.5 Å². The molecule has 1 aliphatic heterocycles. The van der Waals surface area contributed by atoms with Crippen LogP contribution in [0.1, 0.15) is 57.2 Å². The Morgan fingerprint density at radius 1 is 1.26 bits per heavy atom. The highest BCUT2D eigenvalue weighted by molar-refractivity contribution is 7.84. The molecule has 3 heterocycles. The molecule has 0 amide bonds. The molecule has 0 unspecified atom stereocenters. The molecule has 13 heteroatoms. The summed E-state index contributed by atoms with van der Waals surface area (Å²) in [5.41, 5.74) is 3.54. The smallest absolute Gasteiger partial charge is 0.335 e. The maximum Gasteiger partial charge on any atom is 0.335 e. The molecule has 1 aromatic carbocycles. The molecule has 0 spiro atoms. The number of aryl methyl sites for hydroxylation is 1. The number of aliphatic hydroxyl groups is 1. The van der Waals surface area contributed by atoms with E-state index >= 15 is 0 Å². The van der Waals surface area contributed by atoms with Crippen LogP contribution in [0.5, 0.6) is 0 Å². The number of nitrogens with zero attached hydrogens (tertiary/aromatic N) is 2. The third kappa shape index (κ3) is 5.76. The van der Waals surface area contributed by atoms with E-state index in [2.05, 4.69) is 37.5 Å². The summed E-state index contributed by atoms with van der Waals surface area (Å²) >= 11 is 7.90. The summed E-state index contributed by atoms with van der Waals surface area (Å²) in [6.45, 7) is 0.836. The molecule has 2 aromatic heterocycles. The Balaban J connectivity index is 1.37. The number of hydrogen-bond donors (Lipinski definition) is 4. The third-order valence-electron chi connectivity index (χ3n) is 6.86. The van der Waals surface area contributed by atoms with E-state index in [1.54, 1.807) is 0 Å². The molecule has 38 heavy (non-hydrogen) atoms. The lowest BCUT2D eigenvalue weighted by Crippen LogP contribution is -2.31. The van der Waals surface area contributed by atoms with Gasteiger partial charge in [-0.25, -0.2) is 9.97 Å². The number of halogens is 1. The lowest BCUT2D eigenvalue weighted by atomic mass is 9.95. The molecule has 0 radical (unpaired) electrons. The Bertz CT molecular complexity index is 1430. The number of aromatic nitrogens is 2. The van der Waals surface area contributed by atoms with Gasteiger partial charge in [-0.3, -0.25) is 8.98 Å². The summed E-state index contributed by atoms with van der Waals surface area (Å²) in [5, 5.41) is 17.1. The van der Waals surface area contributed by atoms with Crippen LogP contribution in [-0.4, -0.2) is 61.1 Å². The van der Waals surface area contributed by atoms with Gasteiger partial charge in [-0.1, -0.05) is 35.9 Å². The van der Waals surface area contributed by atoms with Crippen molar-refractivity contribution >= 4 is 44.8 Å². The van der Waals surface area contributed by atoms with Crippen molar-refractivity contribution in [1.82, 2.24) is 20.0 Å². The van der Waals surface area contributed by atoms with Crippen molar-refractivity contribution in [2.24, 2.45) is 0 Å². The molecule has 1 aliphatic carbocycles. The standard InChI is InChI=1S/C25H28ClN5O5S2/c1-27-38(34,35)36-20-10-15(9-19(20)32)31-25-18(12-28-13-30-25)23(33)21-11-17(24(26)37-21)22-16-7-3-2-5-14(16)6-4-8-29-22/h2-3,5,7,11-13,15,19-20,22,27,29,32H,4,6,8-10H2,1H3,(H,28,30,31)/t15-,19+,20-,22+/m1/s1. The van der Waals surface area contributed by atoms with E-state index in [0.29, 0.717) is 15.0 Å². The fourth-order valence-electron chi connectivity index (χ4n) is 4.99. The van der Waals surface area contributed by atoms with Gasteiger partial charge in [-0.2, -0.15) is 13.1 Å². The van der Waals surface area contributed by atoms with E-state index in [4.69, 9.17) is 15.8 Å². The Hall–Kier alpha value is -2.45. The lowest BCUT2D eigenvalue weighted by molar-refractivity contribution is 0.0636. The summed E-state index contributed by atoms with van der Waals surface area (Å²) < 4.78 is 31.2. The zero-order valence-corrected chi connectivity index (χ0v) is 22.9. The molecule has 4 N–H and O–H groups in total. The number of fused-ring (bicyclic) bond motifs is 1. The second-order valence-electron chi connectivity index (χ2n) is 9.32. The first-order valence-electron chi connectivity index (χ1n) is 12.3. The van der Waals surface area contributed by atoms with Crippen molar-refractivity contribution in [2.75, 3.05) is 18.9 Å². The molecule has 2 aliphatic rings. The molecule has 3 aromatic rings. The van der Waals surface area contributed by atoms with Crippen LogP contribution < -0.4 is 15.4 Å². The van der Waals surface area contributed by atoms with E-state index in [9.17, 15) is 18.3 Å². The van der Waals surface area contributed by atoms with Gasteiger partial charge in [0.2, 0.25) is 5.78 Å². The predicted octanol–water partition coefficient (Wildman–Crippen LogP) is 2.83. The number of anilines is 1. The number of nitrogens with one attached hydrogen (secondary N) is 3. The van der Waals surface area contributed by atoms with Crippen molar-refractivity contribution in [3.05, 3.63) is 74.3 Å². The number of carbonyl (C=O) groups excluding carboxylic acids is 1. The van der Waals surface area contributed by atoms with Crippen LogP contribution in [0.3, 0.4) is 0 Å². The van der Waals surface area contributed by atoms with E-state index in [1.807, 2.05) is 18.2 Å². The highest BCUT2D eigenvalue weighted by Gasteiger charge is 2.37. The van der Waals surface area contributed by atoms with E-state index in [0.717, 1.165) is 30.5 Å². The average Bonchev–Trinajstić information content (AvgIpc) is 3.37. The van der Waals surface area contributed by atoms with Crippen LogP contribution in [0.15, 0.2) is 42.9 Å². The topological polar surface area (TPSA) is 143 Å². The van der Waals surface area contributed by atoms with Crippen LogP contribution >= 0.6 is 22.9 Å². The lowest BCUT2D eigenvalue weighted by Gasteiger charge is -2.18. The second-order valence-corrected chi connectivity index (χ2v) is 12.5. The molecule has 10 nitrogen and oxygen atoms in total. The Labute approximate surface area is 230 Å². The minimum atomic E-state index is -3.96.